The number of nitrogens with zero attached hydrogens (tertiary/aromatic N) is 3. The first-order valence-electron chi connectivity index (χ1n) is 10.6. The zero-order chi connectivity index (χ0) is 20.8. The number of nitrogens with one attached hydrogen (secondary N) is 2. The monoisotopic (exact) mass is 397 g/mol. The Kier molecular flexibility index (Phi) is 7.31. The Morgan fingerprint density at radius 3 is 2.28 bits per heavy atom. The smallest absolute Gasteiger partial charge is 0.214 e. The van der Waals surface area contributed by atoms with E-state index >= 15 is 0 Å². The summed E-state index contributed by atoms with van der Waals surface area (Å²) in [5.41, 5.74) is 3.55. The minimum atomic E-state index is 0.514. The van der Waals surface area contributed by atoms with E-state index in [9.17, 15) is 0 Å². The second-order valence-electron chi connectivity index (χ2n) is 8.49. The van der Waals surface area contributed by atoms with Gasteiger partial charge in [-0.05, 0) is 43.2 Å². The van der Waals surface area contributed by atoms with Gasteiger partial charge in [-0.3, -0.25) is 9.89 Å². The van der Waals surface area contributed by atoms with E-state index in [1.54, 1.807) is 7.05 Å². The van der Waals surface area contributed by atoms with Crippen LogP contribution >= 0.6 is 0 Å². The summed E-state index contributed by atoms with van der Waals surface area (Å²) in [5.74, 6) is 3.86. The van der Waals surface area contributed by atoms with Crippen molar-refractivity contribution in [1.29, 1.82) is 0 Å². The summed E-state index contributed by atoms with van der Waals surface area (Å²) < 4.78 is 5.60. The number of guanidine groups is 1. The highest BCUT2D eigenvalue weighted by Crippen LogP contribution is 2.22. The maximum Gasteiger partial charge on any atom is 0.214 e. The number of piperidine rings is 1. The normalized spacial score (nSPS) is 20.7. The summed E-state index contributed by atoms with van der Waals surface area (Å²) in [6.07, 6.45) is 1.35. The van der Waals surface area contributed by atoms with E-state index in [0.717, 1.165) is 42.3 Å². The third kappa shape index (κ3) is 6.32. The number of aryl methyl sites for hydroxylation is 2. The van der Waals surface area contributed by atoms with Crippen LogP contribution in [0.5, 0.6) is 0 Å². The summed E-state index contributed by atoms with van der Waals surface area (Å²) in [6, 6.07) is 8.89. The predicted molar refractivity (Wildman–Crippen MR) is 118 cm³/mol. The van der Waals surface area contributed by atoms with Gasteiger partial charge in [0.05, 0.1) is 12.2 Å². The number of aromatic nitrogens is 1. The molecule has 1 saturated heterocycles. The van der Waals surface area contributed by atoms with Gasteiger partial charge in [-0.15, -0.1) is 0 Å². The zero-order valence-electron chi connectivity index (χ0n) is 18.5. The third-order valence-electron chi connectivity index (χ3n) is 5.54. The van der Waals surface area contributed by atoms with Crippen molar-refractivity contribution >= 4 is 5.96 Å². The van der Waals surface area contributed by atoms with Gasteiger partial charge in [0.25, 0.3) is 0 Å². The average Bonchev–Trinajstić information content (AvgIpc) is 3.00. The van der Waals surface area contributed by atoms with Crippen molar-refractivity contribution < 1.29 is 4.42 Å². The fourth-order valence-corrected chi connectivity index (χ4v) is 4.12. The molecule has 1 fully saturated rings. The minimum absolute atomic E-state index is 0.514. The number of benzene rings is 1. The van der Waals surface area contributed by atoms with Crippen LogP contribution in [0.2, 0.25) is 0 Å². The molecule has 0 radical (unpaired) electrons. The van der Waals surface area contributed by atoms with Gasteiger partial charge in [-0.2, -0.15) is 0 Å². The Morgan fingerprint density at radius 2 is 1.69 bits per heavy atom. The molecule has 0 aliphatic carbocycles. The molecule has 2 aromatic rings. The number of aliphatic imine (C=N–C) groups is 1. The summed E-state index contributed by atoms with van der Waals surface area (Å²) in [5, 5.41) is 6.60. The molecule has 0 saturated carbocycles. The highest BCUT2D eigenvalue weighted by atomic mass is 16.4. The lowest BCUT2D eigenvalue weighted by Crippen LogP contribution is -2.38. The van der Waals surface area contributed by atoms with Gasteiger partial charge < -0.3 is 15.1 Å². The SMILES string of the molecule is CN=C(NCc1ccc(CN2CC(C)CC(C)C2)cc1)NCc1nc(C)c(C)o1. The highest BCUT2D eigenvalue weighted by molar-refractivity contribution is 5.79. The van der Waals surface area contributed by atoms with Crippen molar-refractivity contribution in [2.75, 3.05) is 20.1 Å². The van der Waals surface area contributed by atoms with Crippen molar-refractivity contribution in [2.45, 2.75) is 53.8 Å². The second-order valence-corrected chi connectivity index (χ2v) is 8.49. The quantitative estimate of drug-likeness (QED) is 0.576. The Balaban J connectivity index is 1.46. The fraction of sp³-hybridized carbons (Fsp3) is 0.565. The molecule has 3 rings (SSSR count). The lowest BCUT2D eigenvalue weighted by molar-refractivity contribution is 0.134. The number of rotatable bonds is 6. The number of hydrogen-bond acceptors (Lipinski definition) is 4. The van der Waals surface area contributed by atoms with E-state index in [1.807, 2.05) is 13.8 Å². The zero-order valence-corrected chi connectivity index (χ0v) is 18.5. The Bertz CT molecular complexity index is 782. The van der Waals surface area contributed by atoms with E-state index in [1.165, 1.54) is 30.6 Å². The lowest BCUT2D eigenvalue weighted by Gasteiger charge is -2.35. The van der Waals surface area contributed by atoms with Crippen LogP contribution in [0.1, 0.15) is 48.7 Å². The number of oxazole rings is 1. The summed E-state index contributed by atoms with van der Waals surface area (Å²) in [4.78, 5) is 11.2. The molecule has 0 spiro atoms. The van der Waals surface area contributed by atoms with Gasteiger partial charge in [0.2, 0.25) is 5.89 Å². The maximum atomic E-state index is 5.60. The molecule has 1 aliphatic heterocycles. The van der Waals surface area contributed by atoms with Gasteiger partial charge in [0, 0.05) is 33.2 Å². The van der Waals surface area contributed by atoms with Gasteiger partial charge >= 0.3 is 0 Å². The molecule has 1 aliphatic rings. The van der Waals surface area contributed by atoms with Gasteiger partial charge in [-0.1, -0.05) is 38.1 Å². The molecule has 2 atom stereocenters. The van der Waals surface area contributed by atoms with Crippen molar-refractivity contribution in [1.82, 2.24) is 20.5 Å². The molecular weight excluding hydrogens is 362 g/mol. The lowest BCUT2D eigenvalue weighted by atomic mass is 9.91. The first kappa shape index (κ1) is 21.4. The molecule has 6 heteroatoms. The van der Waals surface area contributed by atoms with Crippen LogP contribution in [-0.4, -0.2) is 36.0 Å². The molecule has 6 nitrogen and oxygen atoms in total. The first-order chi connectivity index (χ1) is 13.9. The largest absolute Gasteiger partial charge is 0.444 e. The van der Waals surface area contributed by atoms with Gasteiger partial charge in [-0.25, -0.2) is 4.98 Å². The van der Waals surface area contributed by atoms with Crippen molar-refractivity contribution in [2.24, 2.45) is 16.8 Å². The van der Waals surface area contributed by atoms with Crippen LogP contribution in [0.15, 0.2) is 33.7 Å². The highest BCUT2D eigenvalue weighted by Gasteiger charge is 2.21. The van der Waals surface area contributed by atoms with Gasteiger partial charge in [0.15, 0.2) is 5.96 Å². The Hall–Kier alpha value is -2.34. The van der Waals surface area contributed by atoms with E-state index in [4.69, 9.17) is 4.42 Å². The third-order valence-corrected chi connectivity index (χ3v) is 5.54. The minimum Gasteiger partial charge on any atom is -0.444 e. The Morgan fingerprint density at radius 1 is 1.07 bits per heavy atom. The molecule has 1 aromatic carbocycles. The summed E-state index contributed by atoms with van der Waals surface area (Å²) >= 11 is 0. The van der Waals surface area contributed by atoms with Crippen LogP contribution in [0.4, 0.5) is 0 Å². The molecule has 29 heavy (non-hydrogen) atoms. The molecule has 1 aromatic heterocycles. The fourth-order valence-electron chi connectivity index (χ4n) is 4.12. The van der Waals surface area contributed by atoms with E-state index < -0.39 is 0 Å². The molecule has 0 amide bonds. The molecule has 2 heterocycles. The maximum absolute atomic E-state index is 5.60. The topological polar surface area (TPSA) is 65.7 Å². The molecule has 2 N–H and O–H groups in total. The average molecular weight is 398 g/mol. The van der Waals surface area contributed by atoms with Crippen LogP contribution in [0.25, 0.3) is 0 Å². The van der Waals surface area contributed by atoms with Crippen LogP contribution < -0.4 is 10.6 Å². The van der Waals surface area contributed by atoms with Gasteiger partial charge in [0.1, 0.15) is 5.76 Å². The van der Waals surface area contributed by atoms with Crippen molar-refractivity contribution in [3.8, 4) is 0 Å². The predicted octanol–water partition coefficient (Wildman–Crippen LogP) is 3.63. The number of hydrogen-bond donors (Lipinski definition) is 2. The number of likely N-dealkylation sites (tertiary alicyclic amines) is 1. The summed E-state index contributed by atoms with van der Waals surface area (Å²) in [7, 11) is 1.77. The van der Waals surface area contributed by atoms with Crippen LogP contribution in [0.3, 0.4) is 0 Å². The first-order valence-corrected chi connectivity index (χ1v) is 10.6. The van der Waals surface area contributed by atoms with E-state index in [2.05, 4.69) is 63.6 Å². The standard InChI is InChI=1S/C23H35N5O/c1-16-10-17(2)14-28(13-16)15-21-8-6-20(7-9-21)11-25-23(24-5)26-12-22-27-18(3)19(4)29-22/h6-9,16-17H,10-15H2,1-5H3,(H2,24,25,26). The molecule has 158 valence electrons. The molecule has 2 unspecified atom stereocenters. The van der Waals surface area contributed by atoms with Crippen LogP contribution in [0, 0.1) is 25.7 Å². The second kappa shape index (κ2) is 9.92. The van der Waals surface area contributed by atoms with Crippen molar-refractivity contribution in [3.05, 3.63) is 52.7 Å². The molecular formula is C23H35N5O. The summed E-state index contributed by atoms with van der Waals surface area (Å²) in [6.45, 7) is 13.3. The molecule has 0 bridgehead atoms. The van der Waals surface area contributed by atoms with E-state index in [-0.39, 0.29) is 0 Å². The van der Waals surface area contributed by atoms with Crippen LogP contribution in [-0.2, 0) is 19.6 Å². The van der Waals surface area contributed by atoms with E-state index in [0.29, 0.717) is 12.4 Å². The van der Waals surface area contributed by atoms with Crippen molar-refractivity contribution in [3.63, 3.8) is 0 Å². The Labute approximate surface area is 174 Å².